The second-order valence-electron chi connectivity index (χ2n) is 5.53. The Morgan fingerprint density at radius 2 is 1.74 bits per heavy atom. The molecule has 1 unspecified atom stereocenters. The molecule has 0 radical (unpaired) electrons. The molecule has 6 nitrogen and oxygen atoms in total. The van der Waals surface area contributed by atoms with E-state index >= 15 is 0 Å². The standard InChI is InChI=1S/C16H14N2O4S/c1-7-3-10-12(4-8(7)2)22-6-9(13(10)19)5-11-14(20)17-16(23)18-15(11)21/h3-5,9H,6H2,1-2H3,(H2,17,18,20,21,23). The number of nitrogens with one attached hydrogen (secondary N) is 2. The largest absolute Gasteiger partial charge is 0.492 e. The Balaban J connectivity index is 1.93. The van der Waals surface area contributed by atoms with Gasteiger partial charge in [0.05, 0.1) is 11.5 Å². The Morgan fingerprint density at radius 1 is 1.13 bits per heavy atom. The number of amides is 2. The topological polar surface area (TPSA) is 84.5 Å². The van der Waals surface area contributed by atoms with E-state index in [2.05, 4.69) is 10.6 Å². The average molecular weight is 330 g/mol. The monoisotopic (exact) mass is 330 g/mol. The van der Waals surface area contributed by atoms with Crippen LogP contribution in [0.5, 0.6) is 5.75 Å². The number of hydrogen-bond donors (Lipinski definition) is 2. The van der Waals surface area contributed by atoms with Crippen LogP contribution in [0.3, 0.4) is 0 Å². The summed E-state index contributed by atoms with van der Waals surface area (Å²) in [6.45, 7) is 3.94. The number of benzene rings is 1. The fourth-order valence-corrected chi connectivity index (χ4v) is 2.69. The van der Waals surface area contributed by atoms with Gasteiger partial charge in [-0.2, -0.15) is 0 Å². The zero-order valence-corrected chi connectivity index (χ0v) is 13.4. The summed E-state index contributed by atoms with van der Waals surface area (Å²) in [5.41, 5.74) is 2.35. The molecule has 1 atom stereocenters. The van der Waals surface area contributed by atoms with Crippen molar-refractivity contribution in [1.82, 2.24) is 10.6 Å². The van der Waals surface area contributed by atoms with Crippen LogP contribution in [0.1, 0.15) is 21.5 Å². The lowest BCUT2D eigenvalue weighted by molar-refractivity contribution is -0.123. The molecule has 2 N–H and O–H groups in total. The number of hydrogen-bond acceptors (Lipinski definition) is 5. The first kappa shape index (κ1) is 15.4. The summed E-state index contributed by atoms with van der Waals surface area (Å²) in [6, 6.07) is 3.60. The van der Waals surface area contributed by atoms with Crippen molar-refractivity contribution in [3.05, 3.63) is 40.5 Å². The number of carbonyl (C=O) groups is 3. The molecule has 0 spiro atoms. The first-order valence-electron chi connectivity index (χ1n) is 7.03. The molecule has 1 fully saturated rings. The molecule has 7 heteroatoms. The van der Waals surface area contributed by atoms with Crippen LogP contribution < -0.4 is 15.4 Å². The molecule has 2 aliphatic heterocycles. The van der Waals surface area contributed by atoms with Crippen molar-refractivity contribution < 1.29 is 19.1 Å². The molecular weight excluding hydrogens is 316 g/mol. The van der Waals surface area contributed by atoms with Gasteiger partial charge in [0.15, 0.2) is 10.9 Å². The van der Waals surface area contributed by atoms with E-state index in [1.54, 1.807) is 6.07 Å². The summed E-state index contributed by atoms with van der Waals surface area (Å²) < 4.78 is 5.62. The normalized spacial score (nSPS) is 20.4. The van der Waals surface area contributed by atoms with E-state index in [0.717, 1.165) is 11.1 Å². The second-order valence-corrected chi connectivity index (χ2v) is 5.94. The number of Topliss-reactive ketones (excluding diaryl/α,β-unsaturated/α-hetero) is 1. The summed E-state index contributed by atoms with van der Waals surface area (Å²) >= 11 is 4.74. The maximum Gasteiger partial charge on any atom is 0.262 e. The third-order valence-corrected chi connectivity index (χ3v) is 4.13. The van der Waals surface area contributed by atoms with Gasteiger partial charge in [-0.25, -0.2) is 0 Å². The summed E-state index contributed by atoms with van der Waals surface area (Å²) in [7, 11) is 0. The molecule has 2 heterocycles. The van der Waals surface area contributed by atoms with Crippen molar-refractivity contribution >= 4 is 34.9 Å². The van der Waals surface area contributed by atoms with Crippen LogP contribution in [0.15, 0.2) is 23.8 Å². The number of fused-ring (bicyclic) bond motifs is 1. The van der Waals surface area contributed by atoms with Crippen LogP contribution >= 0.6 is 12.2 Å². The number of rotatable bonds is 1. The lowest BCUT2D eigenvalue weighted by atomic mass is 9.90. The predicted molar refractivity (Wildman–Crippen MR) is 86.2 cm³/mol. The maximum atomic E-state index is 12.6. The van der Waals surface area contributed by atoms with Crippen LogP contribution in [0, 0.1) is 19.8 Å². The highest BCUT2D eigenvalue weighted by Crippen LogP contribution is 2.31. The number of ketones is 1. The van der Waals surface area contributed by atoms with E-state index in [0.29, 0.717) is 11.3 Å². The van der Waals surface area contributed by atoms with E-state index in [1.807, 2.05) is 19.9 Å². The van der Waals surface area contributed by atoms with Crippen molar-refractivity contribution in [2.45, 2.75) is 13.8 Å². The van der Waals surface area contributed by atoms with Gasteiger partial charge in [0.25, 0.3) is 11.8 Å². The number of thiocarbonyl (C=S) groups is 1. The molecule has 1 aromatic rings. The van der Waals surface area contributed by atoms with Gasteiger partial charge in [0, 0.05) is 0 Å². The molecule has 23 heavy (non-hydrogen) atoms. The zero-order chi connectivity index (χ0) is 16.7. The first-order chi connectivity index (χ1) is 10.9. The SMILES string of the molecule is Cc1cc2c(cc1C)C(=O)C(C=C1C(=O)NC(=S)NC1=O)CO2. The van der Waals surface area contributed by atoms with E-state index in [1.165, 1.54) is 6.08 Å². The van der Waals surface area contributed by atoms with Gasteiger partial charge in [-0.3, -0.25) is 25.0 Å². The number of carbonyl (C=O) groups excluding carboxylic acids is 3. The molecular formula is C16H14N2O4S. The van der Waals surface area contributed by atoms with Gasteiger partial charge in [0.2, 0.25) is 0 Å². The third-order valence-electron chi connectivity index (χ3n) is 3.93. The van der Waals surface area contributed by atoms with Gasteiger partial charge >= 0.3 is 0 Å². The van der Waals surface area contributed by atoms with Crippen molar-refractivity contribution in [1.29, 1.82) is 0 Å². The Kier molecular flexibility index (Phi) is 3.73. The van der Waals surface area contributed by atoms with Crippen molar-refractivity contribution in [2.75, 3.05) is 6.61 Å². The minimum Gasteiger partial charge on any atom is -0.492 e. The molecule has 0 aliphatic carbocycles. The zero-order valence-electron chi connectivity index (χ0n) is 12.6. The van der Waals surface area contributed by atoms with Crippen molar-refractivity contribution in [2.24, 2.45) is 5.92 Å². The summed E-state index contributed by atoms with van der Waals surface area (Å²) in [4.78, 5) is 36.3. The summed E-state index contributed by atoms with van der Waals surface area (Å²) in [5, 5.41) is 4.64. The molecule has 0 aromatic heterocycles. The van der Waals surface area contributed by atoms with Gasteiger partial charge in [-0.05, 0) is 49.3 Å². The van der Waals surface area contributed by atoms with E-state index in [-0.39, 0.29) is 23.1 Å². The van der Waals surface area contributed by atoms with Crippen LogP contribution in [0.25, 0.3) is 0 Å². The lowest BCUT2D eigenvalue weighted by Gasteiger charge is -2.24. The van der Waals surface area contributed by atoms with Crippen molar-refractivity contribution in [3.63, 3.8) is 0 Å². The van der Waals surface area contributed by atoms with Crippen LogP contribution in [-0.2, 0) is 9.59 Å². The number of aryl methyl sites for hydroxylation is 2. The second kappa shape index (κ2) is 5.58. The maximum absolute atomic E-state index is 12.6. The van der Waals surface area contributed by atoms with Crippen LogP contribution in [0.2, 0.25) is 0 Å². The predicted octanol–water partition coefficient (Wildman–Crippen LogP) is 0.952. The van der Waals surface area contributed by atoms with Gasteiger partial charge in [-0.15, -0.1) is 0 Å². The number of ether oxygens (including phenoxy) is 1. The van der Waals surface area contributed by atoms with Crippen LogP contribution in [0.4, 0.5) is 0 Å². The van der Waals surface area contributed by atoms with E-state index in [9.17, 15) is 14.4 Å². The molecule has 1 saturated heterocycles. The molecule has 1 aromatic carbocycles. The summed E-state index contributed by atoms with van der Waals surface area (Å²) in [5.74, 6) is -1.56. The van der Waals surface area contributed by atoms with Crippen LogP contribution in [-0.4, -0.2) is 29.3 Å². The molecule has 118 valence electrons. The van der Waals surface area contributed by atoms with E-state index < -0.39 is 17.7 Å². The van der Waals surface area contributed by atoms with Gasteiger partial charge in [-0.1, -0.05) is 6.08 Å². The quantitative estimate of drug-likeness (QED) is 0.455. The minimum absolute atomic E-state index is 0.0418. The van der Waals surface area contributed by atoms with Gasteiger partial charge in [0.1, 0.15) is 17.9 Å². The lowest BCUT2D eigenvalue weighted by Crippen LogP contribution is -2.51. The Labute approximate surface area is 137 Å². The van der Waals surface area contributed by atoms with E-state index in [4.69, 9.17) is 17.0 Å². The molecule has 2 aliphatic rings. The summed E-state index contributed by atoms with van der Waals surface area (Å²) in [6.07, 6.45) is 1.34. The molecule has 3 rings (SSSR count). The Bertz CT molecular complexity index is 776. The Hall–Kier alpha value is -2.54. The fraction of sp³-hybridized carbons (Fsp3) is 0.250. The first-order valence-corrected chi connectivity index (χ1v) is 7.44. The van der Waals surface area contributed by atoms with Gasteiger partial charge < -0.3 is 4.74 Å². The molecule has 2 amide bonds. The molecule has 0 bridgehead atoms. The third kappa shape index (κ3) is 2.75. The molecule has 0 saturated carbocycles. The van der Waals surface area contributed by atoms with Crippen molar-refractivity contribution in [3.8, 4) is 5.75 Å². The highest BCUT2D eigenvalue weighted by molar-refractivity contribution is 7.80. The minimum atomic E-state index is -0.692. The smallest absolute Gasteiger partial charge is 0.262 e. The fourth-order valence-electron chi connectivity index (χ4n) is 2.51. The Morgan fingerprint density at radius 3 is 2.39 bits per heavy atom. The highest BCUT2D eigenvalue weighted by atomic mass is 32.1. The highest BCUT2D eigenvalue weighted by Gasteiger charge is 2.32. The average Bonchev–Trinajstić information content (AvgIpc) is 2.47.